The lowest BCUT2D eigenvalue weighted by atomic mass is 10.1. The van der Waals surface area contributed by atoms with Crippen LogP contribution in [-0.2, 0) is 16.4 Å². The molecule has 0 radical (unpaired) electrons. The summed E-state index contributed by atoms with van der Waals surface area (Å²) in [5, 5.41) is 0. The van der Waals surface area contributed by atoms with Crippen LogP contribution < -0.4 is 0 Å². The van der Waals surface area contributed by atoms with Crippen molar-refractivity contribution in [1.82, 2.24) is 9.88 Å². The Kier molecular flexibility index (Phi) is 4.74. The van der Waals surface area contributed by atoms with E-state index in [2.05, 4.69) is 4.98 Å². The maximum absolute atomic E-state index is 12.7. The average Bonchev–Trinajstić information content (AvgIpc) is 3.44. The smallest absolute Gasteiger partial charge is 0.331 e. The first kappa shape index (κ1) is 18.4. The number of carbonyl (C=O) groups excluding carboxylic acids is 1. The van der Waals surface area contributed by atoms with Crippen LogP contribution in [0.3, 0.4) is 0 Å². The molecular formula is C17H15F3N2O3S. The van der Waals surface area contributed by atoms with Gasteiger partial charge in [0.05, 0.1) is 4.90 Å². The third-order valence-corrected chi connectivity index (χ3v) is 5.54. The summed E-state index contributed by atoms with van der Waals surface area (Å²) in [6.45, 7) is 0.333. The lowest BCUT2D eigenvalue weighted by molar-refractivity contribution is -0.0436. The molecule has 1 aromatic heterocycles. The number of amides is 1. The van der Waals surface area contributed by atoms with Crippen LogP contribution in [0.5, 0.6) is 0 Å². The minimum Gasteiger partial charge on any atom is -0.331 e. The molecule has 5 nitrogen and oxygen atoms in total. The summed E-state index contributed by atoms with van der Waals surface area (Å²) in [6, 6.07) is 7.49. The Balaban J connectivity index is 1.82. The topological polar surface area (TPSA) is 67.3 Å². The third kappa shape index (κ3) is 3.72. The highest BCUT2D eigenvalue weighted by Gasteiger charge is 2.46. The van der Waals surface area contributed by atoms with Crippen molar-refractivity contribution in [2.24, 2.45) is 0 Å². The zero-order valence-corrected chi connectivity index (χ0v) is 14.3. The molecule has 9 heteroatoms. The minimum absolute atomic E-state index is 0.0706. The normalized spacial score (nSPS) is 14.9. The van der Waals surface area contributed by atoms with Crippen LogP contribution in [0, 0.1) is 0 Å². The van der Waals surface area contributed by atoms with E-state index in [1.807, 2.05) is 6.07 Å². The van der Waals surface area contributed by atoms with Crippen molar-refractivity contribution in [2.75, 3.05) is 0 Å². The first-order valence-electron chi connectivity index (χ1n) is 7.81. The summed E-state index contributed by atoms with van der Waals surface area (Å²) >= 11 is 0. The highest BCUT2D eigenvalue weighted by Crippen LogP contribution is 2.32. The maximum Gasteiger partial charge on any atom is 0.501 e. The van der Waals surface area contributed by atoms with E-state index in [4.69, 9.17) is 0 Å². The Morgan fingerprint density at radius 1 is 1.15 bits per heavy atom. The second-order valence-electron chi connectivity index (χ2n) is 6.00. The molecule has 0 spiro atoms. The number of alkyl halides is 3. The number of rotatable bonds is 5. The summed E-state index contributed by atoms with van der Waals surface area (Å²) in [4.78, 5) is 17.5. The fraction of sp³-hybridized carbons (Fsp3) is 0.294. The van der Waals surface area contributed by atoms with Gasteiger partial charge in [-0.3, -0.25) is 9.78 Å². The van der Waals surface area contributed by atoms with Gasteiger partial charge in [0, 0.05) is 30.5 Å². The van der Waals surface area contributed by atoms with Gasteiger partial charge in [-0.15, -0.1) is 0 Å². The molecule has 138 valence electrons. The molecule has 3 rings (SSSR count). The molecule has 1 fully saturated rings. The second-order valence-corrected chi connectivity index (χ2v) is 7.94. The van der Waals surface area contributed by atoms with Crippen LogP contribution in [0.2, 0.25) is 0 Å². The summed E-state index contributed by atoms with van der Waals surface area (Å²) in [7, 11) is -5.42. The van der Waals surface area contributed by atoms with Crippen molar-refractivity contribution in [1.29, 1.82) is 0 Å². The van der Waals surface area contributed by atoms with Crippen LogP contribution in [0.25, 0.3) is 0 Å². The van der Waals surface area contributed by atoms with Gasteiger partial charge >= 0.3 is 5.51 Å². The molecule has 1 amide bonds. The van der Waals surface area contributed by atoms with E-state index in [0.717, 1.165) is 42.7 Å². The summed E-state index contributed by atoms with van der Waals surface area (Å²) in [5.41, 5.74) is -4.40. The largest absolute Gasteiger partial charge is 0.501 e. The van der Waals surface area contributed by atoms with Gasteiger partial charge in [0.15, 0.2) is 0 Å². The first-order chi connectivity index (χ1) is 12.2. The van der Waals surface area contributed by atoms with Crippen molar-refractivity contribution in [3.8, 4) is 0 Å². The second kappa shape index (κ2) is 6.71. The molecule has 26 heavy (non-hydrogen) atoms. The van der Waals surface area contributed by atoms with Gasteiger partial charge in [0.1, 0.15) is 0 Å². The Morgan fingerprint density at radius 3 is 2.31 bits per heavy atom. The number of hydrogen-bond donors (Lipinski definition) is 0. The monoisotopic (exact) mass is 384 g/mol. The fourth-order valence-electron chi connectivity index (χ4n) is 2.52. The third-order valence-electron chi connectivity index (χ3n) is 4.04. The Hall–Kier alpha value is -2.42. The molecule has 2 aromatic rings. The summed E-state index contributed by atoms with van der Waals surface area (Å²) < 4.78 is 60.6. The number of aromatic nitrogens is 1. The molecule has 0 saturated heterocycles. The lowest BCUT2D eigenvalue weighted by Crippen LogP contribution is -2.32. The van der Waals surface area contributed by atoms with Gasteiger partial charge in [-0.1, -0.05) is 6.07 Å². The van der Waals surface area contributed by atoms with Gasteiger partial charge in [0.2, 0.25) is 0 Å². The van der Waals surface area contributed by atoms with Crippen molar-refractivity contribution in [3.63, 3.8) is 0 Å². The standard InChI is InChI=1S/C17H15F3N2O3S/c18-17(19,20)26(24,25)15-7-3-13(4-8-15)16(23)22(14-5-6-14)11-12-2-1-9-21-10-12/h1-4,7-10,14H,5-6,11H2. The van der Waals surface area contributed by atoms with Crippen LogP contribution in [-0.4, -0.2) is 35.8 Å². The summed E-state index contributed by atoms with van der Waals surface area (Å²) in [6.07, 6.45) is 4.97. The number of pyridine rings is 1. The molecule has 1 heterocycles. The minimum atomic E-state index is -5.42. The zero-order chi connectivity index (χ0) is 18.9. The molecule has 1 aliphatic rings. The number of halogens is 3. The predicted octanol–water partition coefficient (Wildman–Crippen LogP) is 3.18. The van der Waals surface area contributed by atoms with E-state index in [9.17, 15) is 26.4 Å². The van der Waals surface area contributed by atoms with Crippen molar-refractivity contribution in [2.45, 2.75) is 35.8 Å². The molecule has 0 atom stereocenters. The van der Waals surface area contributed by atoms with E-state index in [0.29, 0.717) is 6.54 Å². The molecule has 0 unspecified atom stereocenters. The lowest BCUT2D eigenvalue weighted by Gasteiger charge is -2.22. The zero-order valence-electron chi connectivity index (χ0n) is 13.5. The average molecular weight is 384 g/mol. The van der Waals surface area contributed by atoms with E-state index in [1.54, 1.807) is 23.4 Å². The van der Waals surface area contributed by atoms with E-state index in [1.165, 1.54) is 0 Å². The van der Waals surface area contributed by atoms with Gasteiger partial charge in [0.25, 0.3) is 15.7 Å². The highest BCUT2D eigenvalue weighted by atomic mass is 32.2. The van der Waals surface area contributed by atoms with Crippen LogP contribution >= 0.6 is 0 Å². The van der Waals surface area contributed by atoms with Crippen LogP contribution in [0.15, 0.2) is 53.7 Å². The van der Waals surface area contributed by atoms with E-state index < -0.39 is 20.2 Å². The van der Waals surface area contributed by atoms with E-state index >= 15 is 0 Å². The molecule has 0 aliphatic heterocycles. The maximum atomic E-state index is 12.7. The number of benzene rings is 1. The highest BCUT2D eigenvalue weighted by molar-refractivity contribution is 7.92. The Bertz CT molecular complexity index is 893. The molecule has 1 aliphatic carbocycles. The Labute approximate surface area is 148 Å². The fourth-order valence-corrected chi connectivity index (χ4v) is 3.28. The first-order valence-corrected chi connectivity index (χ1v) is 9.30. The molecular weight excluding hydrogens is 369 g/mol. The predicted molar refractivity (Wildman–Crippen MR) is 86.8 cm³/mol. The molecule has 1 aromatic carbocycles. The van der Waals surface area contributed by atoms with Gasteiger partial charge in [-0.05, 0) is 48.7 Å². The molecule has 0 bridgehead atoms. The Morgan fingerprint density at radius 2 is 1.81 bits per heavy atom. The quantitative estimate of drug-likeness (QED) is 0.794. The van der Waals surface area contributed by atoms with Crippen molar-refractivity contribution in [3.05, 3.63) is 59.9 Å². The summed E-state index contributed by atoms with van der Waals surface area (Å²) in [5.74, 6) is -0.354. The molecule has 0 N–H and O–H groups in total. The molecule has 1 saturated carbocycles. The SMILES string of the molecule is O=C(c1ccc(S(=O)(=O)C(F)(F)F)cc1)N(Cc1cccnc1)C1CC1. The number of sulfone groups is 1. The van der Waals surface area contributed by atoms with Gasteiger partial charge in [-0.25, -0.2) is 8.42 Å². The number of hydrogen-bond acceptors (Lipinski definition) is 4. The van der Waals surface area contributed by atoms with Gasteiger partial charge < -0.3 is 4.90 Å². The number of carbonyl (C=O) groups is 1. The van der Waals surface area contributed by atoms with Gasteiger partial charge in [-0.2, -0.15) is 13.2 Å². The van der Waals surface area contributed by atoms with Crippen molar-refractivity contribution >= 4 is 15.7 Å². The van der Waals surface area contributed by atoms with E-state index in [-0.39, 0.29) is 17.5 Å². The van der Waals surface area contributed by atoms with Crippen LogP contribution in [0.4, 0.5) is 13.2 Å². The van der Waals surface area contributed by atoms with Crippen molar-refractivity contribution < 1.29 is 26.4 Å². The van der Waals surface area contributed by atoms with Crippen LogP contribution in [0.1, 0.15) is 28.8 Å². The number of nitrogens with zero attached hydrogens (tertiary/aromatic N) is 2.